The molecule has 1 saturated carbocycles. The molecule has 0 N–H and O–H groups in total. The van der Waals surface area contributed by atoms with E-state index in [2.05, 4.69) is 13.8 Å². The summed E-state index contributed by atoms with van der Waals surface area (Å²) in [4.78, 5) is 0. The highest BCUT2D eigenvalue weighted by Gasteiger charge is 2.22. The highest BCUT2D eigenvalue weighted by Crippen LogP contribution is 2.39. The summed E-state index contributed by atoms with van der Waals surface area (Å²) in [6, 6.07) is 3.74. The molecule has 0 spiro atoms. The smallest absolute Gasteiger partial charge is 0.130 e. The van der Waals surface area contributed by atoms with Crippen LogP contribution < -0.4 is 0 Å². The number of rotatable bonds is 3. The zero-order valence-electron chi connectivity index (χ0n) is 10.4. The third kappa shape index (κ3) is 2.41. The second-order valence-electron chi connectivity index (χ2n) is 4.80. The first-order valence-electron chi connectivity index (χ1n) is 6.30. The van der Waals surface area contributed by atoms with Gasteiger partial charge in [-0.25, -0.2) is 8.78 Å². The number of benzene rings is 1. The first-order chi connectivity index (χ1) is 8.13. The van der Waals surface area contributed by atoms with Crippen LogP contribution in [0.15, 0.2) is 23.8 Å². The van der Waals surface area contributed by atoms with Crippen molar-refractivity contribution in [3.63, 3.8) is 0 Å². The molecule has 1 atom stereocenters. The average molecular weight is 236 g/mol. The lowest BCUT2D eigenvalue weighted by Gasteiger charge is -2.26. The highest BCUT2D eigenvalue weighted by molar-refractivity contribution is 5.71. The van der Waals surface area contributed by atoms with Crippen molar-refractivity contribution in [2.24, 2.45) is 5.92 Å². The lowest BCUT2D eigenvalue weighted by molar-refractivity contribution is 0.586. The van der Waals surface area contributed by atoms with Crippen LogP contribution in [0, 0.1) is 17.6 Å². The molecule has 0 bridgehead atoms. The standard InChI is InChI=1S/C15H18F2/c1-3-10(2)15(11-5-4-6-11)13-9-12(16)7-8-14(13)17/h7-10H,3-6H2,1-2H3. The Morgan fingerprint density at radius 3 is 2.53 bits per heavy atom. The molecule has 0 amide bonds. The van der Waals surface area contributed by atoms with Crippen molar-refractivity contribution >= 4 is 5.57 Å². The maximum Gasteiger partial charge on any atom is 0.130 e. The Hall–Kier alpha value is -1.18. The highest BCUT2D eigenvalue weighted by atomic mass is 19.1. The Balaban J connectivity index is 2.49. The molecule has 1 fully saturated rings. The predicted molar refractivity (Wildman–Crippen MR) is 66.6 cm³/mol. The van der Waals surface area contributed by atoms with Crippen LogP contribution in [0.2, 0.25) is 0 Å². The van der Waals surface area contributed by atoms with E-state index in [9.17, 15) is 8.78 Å². The minimum absolute atomic E-state index is 0.293. The largest absolute Gasteiger partial charge is 0.207 e. The quantitative estimate of drug-likeness (QED) is 0.696. The lowest BCUT2D eigenvalue weighted by Crippen LogP contribution is -2.09. The predicted octanol–water partition coefficient (Wildman–Crippen LogP) is 4.95. The van der Waals surface area contributed by atoms with E-state index in [1.54, 1.807) is 0 Å². The van der Waals surface area contributed by atoms with E-state index in [1.165, 1.54) is 30.2 Å². The molecule has 0 aliphatic heterocycles. The zero-order chi connectivity index (χ0) is 12.4. The molecular formula is C15H18F2. The van der Waals surface area contributed by atoms with E-state index >= 15 is 0 Å². The van der Waals surface area contributed by atoms with Gasteiger partial charge < -0.3 is 0 Å². The summed E-state index contributed by atoms with van der Waals surface area (Å²) in [5.74, 6) is -0.371. The first kappa shape index (κ1) is 12.3. The topological polar surface area (TPSA) is 0 Å². The fourth-order valence-corrected chi connectivity index (χ4v) is 2.34. The van der Waals surface area contributed by atoms with E-state index in [4.69, 9.17) is 0 Å². The van der Waals surface area contributed by atoms with Crippen LogP contribution in [0.1, 0.15) is 45.1 Å². The first-order valence-corrected chi connectivity index (χ1v) is 6.30. The van der Waals surface area contributed by atoms with E-state index in [1.807, 2.05) is 0 Å². The van der Waals surface area contributed by atoms with Crippen molar-refractivity contribution in [1.29, 1.82) is 0 Å². The van der Waals surface area contributed by atoms with Gasteiger partial charge in [-0.2, -0.15) is 0 Å². The second kappa shape index (κ2) is 4.99. The van der Waals surface area contributed by atoms with Crippen LogP contribution >= 0.6 is 0 Å². The van der Waals surface area contributed by atoms with Gasteiger partial charge in [0.05, 0.1) is 0 Å². The Bertz CT molecular complexity index is 440. The molecule has 2 heteroatoms. The van der Waals surface area contributed by atoms with Gasteiger partial charge in [0.25, 0.3) is 0 Å². The summed E-state index contributed by atoms with van der Waals surface area (Å²) in [6.45, 7) is 4.17. The Labute approximate surface area is 101 Å². The molecular weight excluding hydrogens is 218 g/mol. The molecule has 0 heterocycles. The molecule has 1 aliphatic carbocycles. The molecule has 1 unspecified atom stereocenters. The van der Waals surface area contributed by atoms with Gasteiger partial charge in [0.1, 0.15) is 11.6 Å². The molecule has 0 radical (unpaired) electrons. The molecule has 92 valence electrons. The normalized spacial score (nSPS) is 16.6. The van der Waals surface area contributed by atoms with Gasteiger partial charge in [0, 0.05) is 5.56 Å². The Morgan fingerprint density at radius 1 is 1.29 bits per heavy atom. The van der Waals surface area contributed by atoms with Gasteiger partial charge in [-0.1, -0.05) is 19.4 Å². The third-order valence-electron chi connectivity index (χ3n) is 3.66. The molecule has 1 aliphatic rings. The van der Waals surface area contributed by atoms with E-state index < -0.39 is 0 Å². The monoisotopic (exact) mass is 236 g/mol. The second-order valence-corrected chi connectivity index (χ2v) is 4.80. The number of hydrogen-bond donors (Lipinski definition) is 0. The van der Waals surface area contributed by atoms with Crippen LogP contribution in [-0.4, -0.2) is 0 Å². The molecule has 0 nitrogen and oxygen atoms in total. The van der Waals surface area contributed by atoms with Crippen molar-refractivity contribution in [2.45, 2.75) is 39.5 Å². The van der Waals surface area contributed by atoms with Crippen molar-refractivity contribution in [1.82, 2.24) is 0 Å². The fourth-order valence-electron chi connectivity index (χ4n) is 2.34. The minimum atomic E-state index is -0.359. The number of hydrogen-bond acceptors (Lipinski definition) is 0. The van der Waals surface area contributed by atoms with Crippen molar-refractivity contribution < 1.29 is 8.78 Å². The Morgan fingerprint density at radius 2 is 2.00 bits per heavy atom. The molecule has 1 aromatic rings. The summed E-state index contributed by atoms with van der Waals surface area (Å²) in [7, 11) is 0. The van der Waals surface area contributed by atoms with Gasteiger partial charge >= 0.3 is 0 Å². The van der Waals surface area contributed by atoms with Gasteiger partial charge in [0.2, 0.25) is 0 Å². The molecule has 0 saturated heterocycles. The van der Waals surface area contributed by atoms with E-state index in [0.717, 1.165) is 24.8 Å². The van der Waals surface area contributed by atoms with Crippen LogP contribution in [0.4, 0.5) is 8.78 Å². The molecule has 0 aromatic heterocycles. The summed E-state index contributed by atoms with van der Waals surface area (Å²) >= 11 is 0. The minimum Gasteiger partial charge on any atom is -0.207 e. The lowest BCUT2D eigenvalue weighted by atomic mass is 9.79. The van der Waals surface area contributed by atoms with Crippen LogP contribution in [0.3, 0.4) is 0 Å². The maximum atomic E-state index is 13.8. The van der Waals surface area contributed by atoms with Crippen LogP contribution in [-0.2, 0) is 0 Å². The van der Waals surface area contributed by atoms with Gasteiger partial charge in [-0.05, 0) is 55.4 Å². The number of allylic oxidation sites excluding steroid dienone is 2. The summed E-state index contributed by atoms with van der Waals surface area (Å²) < 4.78 is 27.1. The van der Waals surface area contributed by atoms with Gasteiger partial charge in [-0.15, -0.1) is 0 Å². The summed E-state index contributed by atoms with van der Waals surface area (Å²) in [5, 5.41) is 0. The summed E-state index contributed by atoms with van der Waals surface area (Å²) in [6.07, 6.45) is 4.20. The van der Waals surface area contributed by atoms with Gasteiger partial charge in [-0.3, -0.25) is 0 Å². The third-order valence-corrected chi connectivity index (χ3v) is 3.66. The van der Waals surface area contributed by atoms with Crippen molar-refractivity contribution in [3.8, 4) is 0 Å². The van der Waals surface area contributed by atoms with Crippen molar-refractivity contribution in [2.75, 3.05) is 0 Å². The maximum absolute atomic E-state index is 13.8. The van der Waals surface area contributed by atoms with Crippen molar-refractivity contribution in [3.05, 3.63) is 41.0 Å². The summed E-state index contributed by atoms with van der Waals surface area (Å²) in [5.41, 5.74) is 2.81. The van der Waals surface area contributed by atoms with E-state index in [-0.39, 0.29) is 11.6 Å². The van der Waals surface area contributed by atoms with Crippen LogP contribution in [0.25, 0.3) is 5.57 Å². The average Bonchev–Trinajstić information content (AvgIpc) is 2.26. The zero-order valence-corrected chi connectivity index (χ0v) is 10.4. The molecule has 1 aromatic carbocycles. The SMILES string of the molecule is CCC(C)C(=C1CCC1)c1cc(F)ccc1F. The van der Waals surface area contributed by atoms with Crippen LogP contribution in [0.5, 0.6) is 0 Å². The molecule has 17 heavy (non-hydrogen) atoms. The molecule has 2 rings (SSSR count). The van der Waals surface area contributed by atoms with Gasteiger partial charge in [0.15, 0.2) is 0 Å². The Kier molecular flexibility index (Phi) is 3.60. The fraction of sp³-hybridized carbons (Fsp3) is 0.467. The van der Waals surface area contributed by atoms with E-state index in [0.29, 0.717) is 11.5 Å². The number of halogens is 2.